The second-order valence-electron chi connectivity index (χ2n) is 7.60. The molecule has 2 aromatic heterocycles. The van der Waals surface area contributed by atoms with Gasteiger partial charge in [0.15, 0.2) is 5.76 Å². The molecule has 9 heteroatoms. The second-order valence-corrected chi connectivity index (χ2v) is 7.60. The maximum Gasteiger partial charge on any atom is 0.291 e. The number of carbonyl (C=O) groups excluding carboxylic acids is 3. The van der Waals surface area contributed by atoms with E-state index in [1.807, 2.05) is 13.0 Å². The van der Waals surface area contributed by atoms with E-state index < -0.39 is 5.91 Å². The van der Waals surface area contributed by atoms with Gasteiger partial charge in [-0.2, -0.15) is 5.10 Å². The Morgan fingerprint density at radius 3 is 2.62 bits per heavy atom. The van der Waals surface area contributed by atoms with Gasteiger partial charge in [-0.3, -0.25) is 19.1 Å². The number of rotatable bonds is 8. The summed E-state index contributed by atoms with van der Waals surface area (Å²) in [7, 11) is 0. The van der Waals surface area contributed by atoms with Gasteiger partial charge in [-0.25, -0.2) is 0 Å². The number of anilines is 2. The van der Waals surface area contributed by atoms with E-state index in [1.54, 1.807) is 67.0 Å². The summed E-state index contributed by atoms with van der Waals surface area (Å²) in [6, 6.07) is 17.3. The van der Waals surface area contributed by atoms with Crippen LogP contribution in [-0.2, 0) is 17.9 Å². The number of amides is 3. The van der Waals surface area contributed by atoms with Gasteiger partial charge in [-0.05, 0) is 60.5 Å². The Hall–Kier alpha value is -4.66. The first-order chi connectivity index (χ1) is 16.5. The molecular formula is C25H23N5O4. The number of furan rings is 1. The smallest absolute Gasteiger partial charge is 0.291 e. The fourth-order valence-electron chi connectivity index (χ4n) is 3.27. The number of hydrogen-bond acceptors (Lipinski definition) is 5. The Balaban J connectivity index is 1.35. The van der Waals surface area contributed by atoms with Crippen LogP contribution in [0, 0.1) is 6.92 Å². The Kier molecular flexibility index (Phi) is 6.83. The highest BCUT2D eigenvalue weighted by Crippen LogP contribution is 2.19. The van der Waals surface area contributed by atoms with Gasteiger partial charge in [0.1, 0.15) is 6.54 Å². The largest absolute Gasteiger partial charge is 0.459 e. The molecule has 0 radical (unpaired) electrons. The third-order valence-corrected chi connectivity index (χ3v) is 5.02. The SMILES string of the molecule is Cc1ccc(C(=O)NCc2cccc(NC(=O)Cn3cccn3)c2)cc1NC(=O)c1ccco1. The number of aryl methyl sites for hydroxylation is 1. The van der Waals surface area contributed by atoms with Crippen molar-refractivity contribution in [1.29, 1.82) is 0 Å². The zero-order chi connectivity index (χ0) is 23.9. The molecule has 3 amide bonds. The van der Waals surface area contributed by atoms with E-state index in [1.165, 1.54) is 10.9 Å². The highest BCUT2D eigenvalue weighted by atomic mass is 16.3. The standard InChI is InChI=1S/C25H23N5O4/c1-17-8-9-19(14-21(17)29-25(33)22-7-3-12-34-22)24(32)26-15-18-5-2-6-20(13-18)28-23(31)16-30-11-4-10-27-30/h2-14H,15-16H2,1H3,(H,26,32)(H,28,31)(H,29,33). The molecule has 2 aromatic carbocycles. The number of aromatic nitrogens is 2. The molecule has 0 aliphatic rings. The van der Waals surface area contributed by atoms with Crippen molar-refractivity contribution in [3.63, 3.8) is 0 Å². The third-order valence-electron chi connectivity index (χ3n) is 5.02. The van der Waals surface area contributed by atoms with Crippen molar-refractivity contribution >= 4 is 29.1 Å². The van der Waals surface area contributed by atoms with Gasteiger partial charge in [-0.15, -0.1) is 0 Å². The number of carbonyl (C=O) groups is 3. The fourth-order valence-corrected chi connectivity index (χ4v) is 3.27. The van der Waals surface area contributed by atoms with Crippen molar-refractivity contribution in [1.82, 2.24) is 15.1 Å². The van der Waals surface area contributed by atoms with Crippen LogP contribution in [0.15, 0.2) is 83.7 Å². The minimum atomic E-state index is -0.392. The molecular weight excluding hydrogens is 434 g/mol. The highest BCUT2D eigenvalue weighted by molar-refractivity contribution is 6.04. The Morgan fingerprint density at radius 2 is 1.85 bits per heavy atom. The third kappa shape index (κ3) is 5.77. The molecule has 2 heterocycles. The minimum absolute atomic E-state index is 0.111. The van der Waals surface area contributed by atoms with E-state index in [9.17, 15) is 14.4 Å². The summed E-state index contributed by atoms with van der Waals surface area (Å²) in [4.78, 5) is 37.2. The summed E-state index contributed by atoms with van der Waals surface area (Å²) >= 11 is 0. The van der Waals surface area contributed by atoms with E-state index in [4.69, 9.17) is 4.42 Å². The van der Waals surface area contributed by atoms with Crippen LogP contribution in [0.5, 0.6) is 0 Å². The van der Waals surface area contributed by atoms with E-state index in [2.05, 4.69) is 21.0 Å². The number of nitrogens with one attached hydrogen (secondary N) is 3. The lowest BCUT2D eigenvalue weighted by Gasteiger charge is -2.11. The first kappa shape index (κ1) is 22.5. The molecule has 0 aliphatic carbocycles. The Morgan fingerprint density at radius 1 is 0.971 bits per heavy atom. The monoisotopic (exact) mass is 457 g/mol. The van der Waals surface area contributed by atoms with E-state index >= 15 is 0 Å². The minimum Gasteiger partial charge on any atom is -0.459 e. The Bertz CT molecular complexity index is 1300. The van der Waals surface area contributed by atoms with Crippen molar-refractivity contribution in [2.45, 2.75) is 20.0 Å². The lowest BCUT2D eigenvalue weighted by Crippen LogP contribution is -2.23. The molecule has 0 unspecified atom stereocenters. The first-order valence-electron chi connectivity index (χ1n) is 10.6. The fraction of sp³-hybridized carbons (Fsp3) is 0.120. The molecule has 4 rings (SSSR count). The summed E-state index contributed by atoms with van der Waals surface area (Å²) in [5.41, 5.74) is 3.20. The van der Waals surface area contributed by atoms with Crippen LogP contribution in [0.3, 0.4) is 0 Å². The zero-order valence-electron chi connectivity index (χ0n) is 18.4. The average Bonchev–Trinajstić information content (AvgIpc) is 3.54. The molecule has 172 valence electrons. The van der Waals surface area contributed by atoms with Crippen molar-refractivity contribution in [3.8, 4) is 0 Å². The average molecular weight is 457 g/mol. The molecule has 0 fully saturated rings. The van der Waals surface area contributed by atoms with Gasteiger partial charge in [0.2, 0.25) is 5.91 Å². The van der Waals surface area contributed by atoms with Crippen LogP contribution < -0.4 is 16.0 Å². The number of hydrogen-bond donors (Lipinski definition) is 3. The summed E-state index contributed by atoms with van der Waals surface area (Å²) in [5, 5.41) is 12.5. The second kappa shape index (κ2) is 10.3. The normalized spacial score (nSPS) is 10.5. The number of nitrogens with zero attached hydrogens (tertiary/aromatic N) is 2. The van der Waals surface area contributed by atoms with Gasteiger partial charge in [-0.1, -0.05) is 18.2 Å². The van der Waals surface area contributed by atoms with Crippen LogP contribution in [0.2, 0.25) is 0 Å². The maximum absolute atomic E-state index is 12.7. The van der Waals surface area contributed by atoms with Gasteiger partial charge in [0, 0.05) is 35.9 Å². The lowest BCUT2D eigenvalue weighted by molar-refractivity contribution is -0.116. The predicted octanol–water partition coefficient (Wildman–Crippen LogP) is 3.61. The summed E-state index contributed by atoms with van der Waals surface area (Å²) < 4.78 is 6.64. The molecule has 4 aromatic rings. The van der Waals surface area contributed by atoms with Crippen molar-refractivity contribution in [2.75, 3.05) is 10.6 Å². The van der Waals surface area contributed by atoms with E-state index in [0.717, 1.165) is 11.1 Å². The molecule has 0 saturated carbocycles. The Labute approximate surface area is 195 Å². The molecule has 0 aliphatic heterocycles. The van der Waals surface area contributed by atoms with Crippen molar-refractivity contribution in [3.05, 3.63) is 102 Å². The van der Waals surface area contributed by atoms with Crippen LogP contribution in [0.4, 0.5) is 11.4 Å². The van der Waals surface area contributed by atoms with Crippen LogP contribution >= 0.6 is 0 Å². The van der Waals surface area contributed by atoms with Gasteiger partial charge in [0.05, 0.1) is 6.26 Å². The quantitative estimate of drug-likeness (QED) is 0.374. The summed E-state index contributed by atoms with van der Waals surface area (Å²) in [5.74, 6) is -0.696. The molecule has 0 saturated heterocycles. The van der Waals surface area contributed by atoms with Gasteiger partial charge < -0.3 is 20.4 Å². The van der Waals surface area contributed by atoms with E-state index in [0.29, 0.717) is 16.9 Å². The molecule has 34 heavy (non-hydrogen) atoms. The molecule has 3 N–H and O–H groups in total. The van der Waals surface area contributed by atoms with Gasteiger partial charge in [0.25, 0.3) is 11.8 Å². The molecule has 0 atom stereocenters. The molecule has 9 nitrogen and oxygen atoms in total. The predicted molar refractivity (Wildman–Crippen MR) is 126 cm³/mol. The van der Waals surface area contributed by atoms with E-state index in [-0.39, 0.29) is 30.7 Å². The van der Waals surface area contributed by atoms with Crippen molar-refractivity contribution in [2.24, 2.45) is 0 Å². The van der Waals surface area contributed by atoms with Crippen LogP contribution in [0.1, 0.15) is 32.0 Å². The summed E-state index contributed by atoms with van der Waals surface area (Å²) in [6.07, 6.45) is 4.75. The topological polar surface area (TPSA) is 118 Å². The summed E-state index contributed by atoms with van der Waals surface area (Å²) in [6.45, 7) is 2.22. The number of benzene rings is 2. The lowest BCUT2D eigenvalue weighted by atomic mass is 10.1. The van der Waals surface area contributed by atoms with Crippen molar-refractivity contribution < 1.29 is 18.8 Å². The van der Waals surface area contributed by atoms with Crippen LogP contribution in [0.25, 0.3) is 0 Å². The highest BCUT2D eigenvalue weighted by Gasteiger charge is 2.13. The molecule has 0 spiro atoms. The molecule has 0 bridgehead atoms. The van der Waals surface area contributed by atoms with Gasteiger partial charge >= 0.3 is 0 Å². The zero-order valence-corrected chi connectivity index (χ0v) is 18.4. The maximum atomic E-state index is 12.7. The first-order valence-corrected chi connectivity index (χ1v) is 10.6. The van der Waals surface area contributed by atoms with Crippen LogP contribution in [-0.4, -0.2) is 27.5 Å².